The van der Waals surface area contributed by atoms with E-state index in [2.05, 4.69) is 31.6 Å². The Labute approximate surface area is 331 Å². The van der Waals surface area contributed by atoms with Crippen LogP contribution in [0.2, 0.25) is 0 Å². The maximum atomic E-state index is 13.8. The van der Waals surface area contributed by atoms with E-state index in [0.29, 0.717) is 25.7 Å². The second-order valence-corrected chi connectivity index (χ2v) is 17.3. The van der Waals surface area contributed by atoms with Crippen molar-refractivity contribution in [2.45, 2.75) is 101 Å². The summed E-state index contributed by atoms with van der Waals surface area (Å²) in [6.07, 6.45) is 0.682. The number of carbonyl (C=O) groups is 6. The van der Waals surface area contributed by atoms with Gasteiger partial charge in [0.2, 0.25) is 27.8 Å². The molecule has 18 nitrogen and oxygen atoms in total. The number of sulfonamides is 1. The van der Waals surface area contributed by atoms with Crippen molar-refractivity contribution in [2.24, 2.45) is 10.9 Å². The van der Waals surface area contributed by atoms with Gasteiger partial charge < -0.3 is 30.2 Å². The minimum atomic E-state index is -4.05. The van der Waals surface area contributed by atoms with Crippen LogP contribution in [0.4, 0.5) is 15.3 Å². The Kier molecular flexibility index (Phi) is 14.4. The first-order valence-electron chi connectivity index (χ1n) is 18.4. The molecule has 1 saturated carbocycles. The number of benzene rings is 2. The molecule has 2 bridgehead atoms. The molecule has 2 atom stereocenters. The fraction of sp³-hybridized carbons (Fsp3) is 0.500. The average Bonchev–Trinajstić information content (AvgIpc) is 3.13. The summed E-state index contributed by atoms with van der Waals surface area (Å²) in [4.78, 5) is 81.6. The number of guanidine groups is 1. The highest BCUT2D eigenvalue weighted by Gasteiger charge is 2.51. The number of fused-ring (bicyclic) bond motifs is 3. The Morgan fingerprint density at radius 2 is 1.42 bits per heavy atom. The van der Waals surface area contributed by atoms with Gasteiger partial charge in [-0.25, -0.2) is 27.8 Å². The minimum Gasteiger partial charge on any atom is -0.467 e. The molecule has 0 radical (unpaired) electrons. The number of hydrogen-bond donors (Lipinski definition) is 5. The number of piperidine rings is 2. The van der Waals surface area contributed by atoms with Crippen molar-refractivity contribution in [1.82, 2.24) is 30.9 Å². The zero-order valence-corrected chi connectivity index (χ0v) is 33.9. The van der Waals surface area contributed by atoms with Gasteiger partial charge in [-0.2, -0.15) is 4.31 Å². The zero-order chi connectivity index (χ0) is 42.1. The van der Waals surface area contributed by atoms with Crippen molar-refractivity contribution >= 4 is 57.5 Å². The predicted octanol–water partition coefficient (Wildman–Crippen LogP) is 2.86. The molecular weight excluding hydrogens is 763 g/mol. The second-order valence-electron chi connectivity index (χ2n) is 15.5. The molecule has 2 aromatic rings. The Morgan fingerprint density at radius 1 is 0.825 bits per heavy atom. The molecule has 2 aliphatic heterocycles. The first kappa shape index (κ1) is 44.2. The quantitative estimate of drug-likeness (QED) is 0.0957. The molecule has 2 heterocycles. The average molecular weight is 814 g/mol. The zero-order valence-electron chi connectivity index (χ0n) is 33.0. The number of alkyl carbamates (subject to hydrolysis) is 2. The van der Waals surface area contributed by atoms with Crippen molar-refractivity contribution < 1.29 is 51.4 Å². The van der Waals surface area contributed by atoms with Crippen LogP contribution < -0.4 is 26.6 Å². The van der Waals surface area contributed by atoms with Gasteiger partial charge in [0, 0.05) is 18.2 Å². The monoisotopic (exact) mass is 813 g/mol. The highest BCUT2D eigenvalue weighted by atomic mass is 32.2. The number of carbonyl (C=O) groups excluding carboxylic acids is 6. The fourth-order valence-electron chi connectivity index (χ4n) is 6.36. The lowest BCUT2D eigenvalue weighted by Gasteiger charge is -2.49. The number of rotatable bonds is 11. The van der Waals surface area contributed by atoms with Crippen molar-refractivity contribution in [3.05, 3.63) is 60.2 Å². The number of nitrogens with zero attached hydrogens (tertiary/aromatic N) is 2. The number of aliphatic imine (C=N–C) groups is 1. The van der Waals surface area contributed by atoms with Crippen molar-refractivity contribution in [1.29, 1.82) is 0 Å². The number of nitrogens with one attached hydrogen (secondary N) is 5. The predicted molar refractivity (Wildman–Crippen MR) is 207 cm³/mol. The Bertz CT molecular complexity index is 1920. The van der Waals surface area contributed by atoms with Gasteiger partial charge in [0.15, 0.2) is 0 Å². The van der Waals surface area contributed by atoms with Crippen LogP contribution in [0, 0.1) is 5.92 Å². The summed E-state index contributed by atoms with van der Waals surface area (Å²) in [5.74, 6) is -3.57. The highest BCUT2D eigenvalue weighted by molar-refractivity contribution is 7.89. The first-order chi connectivity index (χ1) is 26.7. The fourth-order valence-corrected chi connectivity index (χ4v) is 8.28. The molecule has 0 aromatic heterocycles. The number of hydrogen-bond acceptors (Lipinski definition) is 12. The third-order valence-electron chi connectivity index (χ3n) is 8.71. The maximum absolute atomic E-state index is 13.8. The summed E-state index contributed by atoms with van der Waals surface area (Å²) in [7, 11) is -2.94. The number of esters is 1. The van der Waals surface area contributed by atoms with E-state index in [4.69, 9.17) is 14.2 Å². The van der Waals surface area contributed by atoms with Gasteiger partial charge in [0.25, 0.3) is 5.91 Å². The normalized spacial score (nSPS) is 18.5. The SMILES string of the molecule is COC(=O)[C@@H](CNC(=O)CNC(=O)c1cccc(N=C(NC(=O)OC(C)(C)C)NC(=O)OC(C)(C)C)c1)NC(=O)C1C2CCC(CC2)N1S(=O)(=O)c1ccccc1. The largest absolute Gasteiger partial charge is 0.467 e. The molecular formula is C38H51N7O11S. The topological polar surface area (TPSA) is 240 Å². The molecule has 0 spiro atoms. The molecule has 3 fully saturated rings. The van der Waals surface area contributed by atoms with E-state index < -0.39 is 82.3 Å². The number of methoxy groups -OCH3 is 1. The molecule has 1 aliphatic carbocycles. The van der Waals surface area contributed by atoms with E-state index in [0.717, 1.165) is 7.11 Å². The van der Waals surface area contributed by atoms with E-state index in [1.165, 1.54) is 40.7 Å². The van der Waals surface area contributed by atoms with Gasteiger partial charge in [0.05, 0.1) is 24.2 Å². The molecule has 5 rings (SSSR count). The summed E-state index contributed by atoms with van der Waals surface area (Å²) in [5.41, 5.74) is -1.52. The van der Waals surface area contributed by atoms with Crippen LogP contribution in [-0.2, 0) is 38.6 Å². The van der Waals surface area contributed by atoms with E-state index in [1.54, 1.807) is 59.7 Å². The lowest BCUT2D eigenvalue weighted by molar-refractivity contribution is -0.146. The van der Waals surface area contributed by atoms with E-state index in [9.17, 15) is 37.2 Å². The minimum absolute atomic E-state index is 0.0591. The van der Waals surface area contributed by atoms with Gasteiger partial charge in [-0.3, -0.25) is 25.0 Å². The summed E-state index contributed by atoms with van der Waals surface area (Å²) in [5, 5.41) is 12.2. The van der Waals surface area contributed by atoms with Crippen LogP contribution in [0.25, 0.3) is 0 Å². The molecule has 2 saturated heterocycles. The molecule has 5 amide bonds. The number of amides is 5. The Hall–Kier alpha value is -5.56. The smallest absolute Gasteiger partial charge is 0.414 e. The van der Waals surface area contributed by atoms with E-state index in [-0.39, 0.29) is 34.1 Å². The van der Waals surface area contributed by atoms with E-state index in [1.807, 2.05) is 0 Å². The molecule has 1 unspecified atom stereocenters. The first-order valence-corrected chi connectivity index (χ1v) is 19.8. The van der Waals surface area contributed by atoms with Crippen LogP contribution in [0.1, 0.15) is 77.6 Å². The van der Waals surface area contributed by atoms with Crippen LogP contribution >= 0.6 is 0 Å². The van der Waals surface area contributed by atoms with Gasteiger partial charge in [-0.05, 0) is 103 Å². The molecule has 3 aliphatic rings. The molecule has 5 N–H and O–H groups in total. The van der Waals surface area contributed by atoms with Crippen LogP contribution in [0.15, 0.2) is 64.5 Å². The Morgan fingerprint density at radius 3 is 1.98 bits per heavy atom. The molecule has 2 aromatic carbocycles. The van der Waals surface area contributed by atoms with Gasteiger partial charge in [-0.1, -0.05) is 24.3 Å². The lowest BCUT2D eigenvalue weighted by Crippen LogP contribution is -2.64. The lowest BCUT2D eigenvalue weighted by atomic mass is 9.76. The van der Waals surface area contributed by atoms with Crippen molar-refractivity contribution in [3.63, 3.8) is 0 Å². The molecule has 19 heteroatoms. The Balaban J connectivity index is 1.39. The third-order valence-corrected chi connectivity index (χ3v) is 10.7. The van der Waals surface area contributed by atoms with Crippen LogP contribution in [0.3, 0.4) is 0 Å². The summed E-state index contributed by atoms with van der Waals surface area (Å²) in [6.45, 7) is 8.97. The van der Waals surface area contributed by atoms with Crippen molar-refractivity contribution in [3.8, 4) is 0 Å². The molecule has 310 valence electrons. The van der Waals surface area contributed by atoms with Crippen LogP contribution in [0.5, 0.6) is 0 Å². The standard InChI is InChI=1S/C38H51N7O11S/c1-37(2,3)55-35(50)43-34(44-36(51)56-38(4,5)6)41-25-13-11-12-24(20-25)31(47)40-22-29(46)39-21-28(33(49)54-7)42-32(48)30-23-16-18-26(19-17-23)45(30)57(52,53)27-14-9-8-10-15-27/h8-15,20,23,26,28,30H,16-19,21-22H2,1-7H3,(H,39,46)(H,40,47)(H,42,48)(H2,41,43,44,50,51)/t23?,26?,28-,30?/m1/s1. The van der Waals surface area contributed by atoms with Gasteiger partial charge in [-0.15, -0.1) is 0 Å². The highest BCUT2D eigenvalue weighted by Crippen LogP contribution is 2.42. The summed E-state index contributed by atoms with van der Waals surface area (Å²) in [6, 6.07) is 10.8. The summed E-state index contributed by atoms with van der Waals surface area (Å²) >= 11 is 0. The number of ether oxygens (including phenoxy) is 3. The van der Waals surface area contributed by atoms with Gasteiger partial charge >= 0.3 is 18.2 Å². The van der Waals surface area contributed by atoms with Crippen LogP contribution in [-0.4, -0.2) is 104 Å². The molecule has 57 heavy (non-hydrogen) atoms. The maximum Gasteiger partial charge on any atom is 0.414 e. The van der Waals surface area contributed by atoms with Gasteiger partial charge in [0.1, 0.15) is 23.3 Å². The van der Waals surface area contributed by atoms with Crippen molar-refractivity contribution in [2.75, 3.05) is 20.2 Å². The van der Waals surface area contributed by atoms with E-state index >= 15 is 0 Å². The summed E-state index contributed by atoms with van der Waals surface area (Å²) < 4.78 is 44.1. The third kappa shape index (κ3) is 12.7. The second kappa shape index (κ2) is 18.6.